The molecule has 2 radical (unpaired) electrons. The number of pyridine rings is 1. The first-order valence-electron chi connectivity index (χ1n) is 11.4. The second kappa shape index (κ2) is 8.89. The molecule has 0 spiro atoms. The van der Waals surface area contributed by atoms with E-state index in [1.54, 1.807) is 13.1 Å². The highest BCUT2D eigenvalue weighted by molar-refractivity contribution is 6.15. The van der Waals surface area contributed by atoms with Crippen LogP contribution in [0.15, 0.2) is 48.7 Å². The second-order valence-corrected chi connectivity index (χ2v) is 9.52. The van der Waals surface area contributed by atoms with Crippen molar-refractivity contribution in [3.8, 4) is 17.1 Å². The van der Waals surface area contributed by atoms with Crippen LogP contribution in [0.4, 0.5) is 17.6 Å². The van der Waals surface area contributed by atoms with E-state index in [-0.39, 0.29) is 23.1 Å². The molecule has 3 aromatic rings. The molecule has 1 saturated carbocycles. The molecule has 2 fully saturated rings. The van der Waals surface area contributed by atoms with Crippen molar-refractivity contribution in [1.82, 2.24) is 20.1 Å². The molecule has 1 aromatic carbocycles. The molecule has 0 bridgehead atoms. The van der Waals surface area contributed by atoms with Crippen LogP contribution in [-0.2, 0) is 12.7 Å². The Morgan fingerprint density at radius 1 is 1.09 bits per heavy atom. The van der Waals surface area contributed by atoms with Crippen molar-refractivity contribution in [2.24, 2.45) is 11.8 Å². The number of rotatable bonds is 5. The minimum Gasteiger partial charge on any atom is -0.480 e. The van der Waals surface area contributed by atoms with E-state index in [4.69, 9.17) is 12.6 Å². The topological polar surface area (TPSA) is 51.1 Å². The molecule has 1 unspecified atom stereocenters. The number of hydrogen-bond donors (Lipinski definition) is 0. The lowest BCUT2D eigenvalue weighted by atomic mass is 9.78. The van der Waals surface area contributed by atoms with Crippen molar-refractivity contribution in [3.63, 3.8) is 0 Å². The predicted octanol–water partition coefficient (Wildman–Crippen LogP) is 4.79. The third-order valence-electron chi connectivity index (χ3n) is 6.82. The summed E-state index contributed by atoms with van der Waals surface area (Å²) in [5.41, 5.74) is -0.637. The molecule has 10 heteroatoms. The zero-order valence-corrected chi connectivity index (χ0v) is 19.1. The summed E-state index contributed by atoms with van der Waals surface area (Å²) in [7, 11) is 6.45. The maximum absolute atomic E-state index is 13.9. The first-order valence-corrected chi connectivity index (χ1v) is 11.4. The number of nitrogens with zero attached hydrogens (tertiary/aromatic N) is 4. The van der Waals surface area contributed by atoms with Crippen LogP contribution in [0, 0.1) is 24.6 Å². The summed E-state index contributed by atoms with van der Waals surface area (Å²) < 4.78 is 61.3. The van der Waals surface area contributed by atoms with Crippen LogP contribution < -0.4 is 4.74 Å². The van der Waals surface area contributed by atoms with Gasteiger partial charge in [-0.3, -0.25) is 9.88 Å². The van der Waals surface area contributed by atoms with Gasteiger partial charge in [0.15, 0.2) is 0 Å². The standard InChI is InChI=1S/C25H23BF4N4O/c1-15-5-6-18(27)8-20(15)22-9-21(25(28,29)30)23(33-32-22)35-24(26)10-16-12-34(13-17(16)11-24)14-19-4-2-3-7-31-19/h2-9,16-17H,10-14H2,1H3/t16-,17+,24?. The summed E-state index contributed by atoms with van der Waals surface area (Å²) >= 11 is 0. The fourth-order valence-electron chi connectivity index (χ4n) is 5.26. The maximum atomic E-state index is 13.9. The first kappa shape index (κ1) is 23.7. The fraction of sp³-hybridized carbons (Fsp3) is 0.400. The first-order chi connectivity index (χ1) is 16.6. The summed E-state index contributed by atoms with van der Waals surface area (Å²) in [6.07, 6.45) is -2.16. The smallest absolute Gasteiger partial charge is 0.421 e. The molecule has 5 nitrogen and oxygen atoms in total. The minimum atomic E-state index is -4.74. The Labute approximate surface area is 201 Å². The van der Waals surface area contributed by atoms with Gasteiger partial charge in [-0.25, -0.2) is 4.39 Å². The zero-order chi connectivity index (χ0) is 24.8. The summed E-state index contributed by atoms with van der Waals surface area (Å²) in [6.45, 7) is 3.94. The van der Waals surface area contributed by atoms with E-state index in [1.165, 1.54) is 12.1 Å². The quantitative estimate of drug-likeness (QED) is 0.387. The monoisotopic (exact) mass is 482 g/mol. The Morgan fingerprint density at radius 3 is 2.49 bits per heavy atom. The molecule has 0 N–H and O–H groups in total. The molecule has 35 heavy (non-hydrogen) atoms. The number of aromatic nitrogens is 3. The normalized spacial score (nSPS) is 24.5. The number of benzene rings is 1. The number of likely N-dealkylation sites (tertiary alicyclic amines) is 1. The molecule has 1 saturated heterocycles. The molecule has 3 atom stereocenters. The van der Waals surface area contributed by atoms with Gasteiger partial charge in [-0.1, -0.05) is 12.1 Å². The van der Waals surface area contributed by atoms with Gasteiger partial charge in [0, 0.05) is 31.4 Å². The molecular formula is C25H23BF4N4O. The van der Waals surface area contributed by atoms with Crippen molar-refractivity contribution in [3.05, 3.63) is 71.3 Å². The molecule has 2 aromatic heterocycles. The molecule has 5 rings (SSSR count). The fourth-order valence-corrected chi connectivity index (χ4v) is 5.26. The average molecular weight is 482 g/mol. The van der Waals surface area contributed by atoms with Crippen LogP contribution in [0.1, 0.15) is 29.7 Å². The van der Waals surface area contributed by atoms with E-state index in [1.807, 2.05) is 18.2 Å². The minimum absolute atomic E-state index is 0.0822. The van der Waals surface area contributed by atoms with Crippen LogP contribution in [0.3, 0.4) is 0 Å². The lowest BCUT2D eigenvalue weighted by Crippen LogP contribution is -2.37. The van der Waals surface area contributed by atoms with Crippen molar-refractivity contribution < 1.29 is 22.3 Å². The van der Waals surface area contributed by atoms with Gasteiger partial charge in [0.25, 0.3) is 0 Å². The third-order valence-corrected chi connectivity index (χ3v) is 6.82. The Hall–Kier alpha value is -3.01. The summed E-state index contributed by atoms with van der Waals surface area (Å²) in [4.78, 5) is 6.64. The lowest BCUT2D eigenvalue weighted by molar-refractivity contribution is -0.140. The van der Waals surface area contributed by atoms with Crippen molar-refractivity contribution >= 4 is 7.85 Å². The van der Waals surface area contributed by atoms with Crippen molar-refractivity contribution in [2.45, 2.75) is 38.0 Å². The lowest BCUT2D eigenvalue weighted by Gasteiger charge is -2.29. The van der Waals surface area contributed by atoms with E-state index in [2.05, 4.69) is 20.1 Å². The van der Waals surface area contributed by atoms with Crippen LogP contribution in [0.2, 0.25) is 0 Å². The van der Waals surface area contributed by atoms with Crippen molar-refractivity contribution in [1.29, 1.82) is 0 Å². The maximum Gasteiger partial charge on any atom is 0.421 e. The van der Waals surface area contributed by atoms with Gasteiger partial charge in [0.1, 0.15) is 19.2 Å². The van der Waals surface area contributed by atoms with Crippen LogP contribution in [-0.4, -0.2) is 46.5 Å². The summed E-state index contributed by atoms with van der Waals surface area (Å²) in [6, 6.07) is 10.5. The molecule has 1 aliphatic heterocycles. The molecule has 3 heterocycles. The van der Waals surface area contributed by atoms with Crippen LogP contribution >= 0.6 is 0 Å². The number of alkyl halides is 3. The molecule has 0 amide bonds. The Bertz CT molecular complexity index is 1210. The van der Waals surface area contributed by atoms with Gasteiger partial charge >= 0.3 is 6.18 Å². The second-order valence-electron chi connectivity index (χ2n) is 9.52. The Balaban J connectivity index is 1.33. The Kier molecular flexibility index (Phi) is 6.03. The number of fused-ring (bicyclic) bond motifs is 1. The predicted molar refractivity (Wildman–Crippen MR) is 122 cm³/mol. The van der Waals surface area contributed by atoms with E-state index < -0.39 is 28.9 Å². The summed E-state index contributed by atoms with van der Waals surface area (Å²) in [5, 5.41) is 7.67. The number of hydrogen-bond acceptors (Lipinski definition) is 5. The largest absolute Gasteiger partial charge is 0.480 e. The highest BCUT2D eigenvalue weighted by atomic mass is 19.4. The van der Waals surface area contributed by atoms with Gasteiger partial charge in [-0.2, -0.15) is 13.2 Å². The van der Waals surface area contributed by atoms with E-state index in [9.17, 15) is 17.6 Å². The SMILES string of the molecule is [B]C1(Oc2nnc(-c3cc(F)ccc3C)cc2C(F)(F)F)C[C@H]2CN(Cc3ccccn3)C[C@H]2C1. The Morgan fingerprint density at radius 2 is 1.83 bits per heavy atom. The number of ether oxygens (including phenoxy) is 1. The molecule has 1 aliphatic carbocycles. The highest BCUT2D eigenvalue weighted by Gasteiger charge is 2.49. The molecular weight excluding hydrogens is 459 g/mol. The highest BCUT2D eigenvalue weighted by Crippen LogP contribution is 2.46. The van der Waals surface area contributed by atoms with E-state index >= 15 is 0 Å². The van der Waals surface area contributed by atoms with Crippen LogP contribution in [0.25, 0.3) is 11.3 Å². The molecule has 2 aliphatic rings. The van der Waals surface area contributed by atoms with Gasteiger partial charge in [-0.05, 0) is 67.5 Å². The van der Waals surface area contributed by atoms with Gasteiger partial charge in [-0.15, -0.1) is 10.2 Å². The molecule has 180 valence electrons. The third kappa shape index (κ3) is 5.03. The van der Waals surface area contributed by atoms with Crippen LogP contribution in [0.5, 0.6) is 5.88 Å². The van der Waals surface area contributed by atoms with Crippen molar-refractivity contribution in [2.75, 3.05) is 13.1 Å². The number of halogens is 4. The van der Waals surface area contributed by atoms with E-state index in [0.29, 0.717) is 18.4 Å². The van der Waals surface area contributed by atoms with Gasteiger partial charge in [0.2, 0.25) is 5.88 Å². The summed E-state index contributed by atoms with van der Waals surface area (Å²) in [5.74, 6) is -0.805. The van der Waals surface area contributed by atoms with E-state index in [0.717, 1.165) is 37.5 Å². The average Bonchev–Trinajstić information content (AvgIpc) is 3.29. The van der Waals surface area contributed by atoms with Gasteiger partial charge < -0.3 is 4.74 Å². The number of aryl methyl sites for hydroxylation is 1. The zero-order valence-electron chi connectivity index (χ0n) is 19.1. The van der Waals surface area contributed by atoms with Gasteiger partial charge in [0.05, 0.1) is 16.9 Å².